The van der Waals surface area contributed by atoms with Gasteiger partial charge in [0, 0.05) is 12.1 Å². The van der Waals surface area contributed by atoms with E-state index in [0.717, 1.165) is 37.9 Å². The van der Waals surface area contributed by atoms with Gasteiger partial charge in [-0.25, -0.2) is 0 Å². The maximum atomic E-state index is 11.8. The number of ether oxygens (including phenoxy) is 1. The van der Waals surface area contributed by atoms with Crippen molar-refractivity contribution in [3.8, 4) is 0 Å². The van der Waals surface area contributed by atoms with E-state index in [1.165, 1.54) is 0 Å². The van der Waals surface area contributed by atoms with Gasteiger partial charge in [-0.05, 0) is 32.4 Å². The Morgan fingerprint density at radius 1 is 1.59 bits per heavy atom. The SMILES string of the molecule is CCOC(=O)C1CCCCN1Cc1ccoc1. The van der Waals surface area contributed by atoms with Crippen LogP contribution < -0.4 is 0 Å². The van der Waals surface area contributed by atoms with Crippen LogP contribution in [0.2, 0.25) is 0 Å². The number of carbonyl (C=O) groups excluding carboxylic acids is 1. The van der Waals surface area contributed by atoms with Gasteiger partial charge < -0.3 is 9.15 Å². The summed E-state index contributed by atoms with van der Waals surface area (Å²) in [4.78, 5) is 14.0. The maximum absolute atomic E-state index is 11.8. The molecule has 4 heteroatoms. The van der Waals surface area contributed by atoms with Gasteiger partial charge >= 0.3 is 5.97 Å². The minimum absolute atomic E-state index is 0.0846. The van der Waals surface area contributed by atoms with Crippen LogP contribution in [0.25, 0.3) is 0 Å². The average molecular weight is 237 g/mol. The molecule has 0 bridgehead atoms. The lowest BCUT2D eigenvalue weighted by Gasteiger charge is -2.33. The first-order chi connectivity index (χ1) is 8.31. The summed E-state index contributed by atoms with van der Waals surface area (Å²) in [5.41, 5.74) is 1.11. The van der Waals surface area contributed by atoms with Crippen LogP contribution in [-0.2, 0) is 16.1 Å². The lowest BCUT2D eigenvalue weighted by molar-refractivity contribution is -0.151. The van der Waals surface area contributed by atoms with Crippen molar-refractivity contribution in [2.75, 3.05) is 13.2 Å². The van der Waals surface area contributed by atoms with Crippen molar-refractivity contribution in [1.82, 2.24) is 4.90 Å². The Morgan fingerprint density at radius 3 is 3.18 bits per heavy atom. The van der Waals surface area contributed by atoms with E-state index >= 15 is 0 Å². The quantitative estimate of drug-likeness (QED) is 0.753. The first-order valence-electron chi connectivity index (χ1n) is 6.23. The van der Waals surface area contributed by atoms with E-state index in [-0.39, 0.29) is 12.0 Å². The van der Waals surface area contributed by atoms with Gasteiger partial charge in [0.05, 0.1) is 19.1 Å². The van der Waals surface area contributed by atoms with Gasteiger partial charge in [-0.15, -0.1) is 0 Å². The average Bonchev–Trinajstić information content (AvgIpc) is 2.83. The fourth-order valence-electron chi connectivity index (χ4n) is 2.30. The Morgan fingerprint density at radius 2 is 2.47 bits per heavy atom. The van der Waals surface area contributed by atoms with Crippen molar-refractivity contribution in [3.05, 3.63) is 24.2 Å². The molecule has 1 aliphatic heterocycles. The smallest absolute Gasteiger partial charge is 0.323 e. The number of likely N-dealkylation sites (tertiary alicyclic amines) is 1. The van der Waals surface area contributed by atoms with Gasteiger partial charge in [0.1, 0.15) is 6.04 Å². The van der Waals surface area contributed by atoms with Crippen molar-refractivity contribution in [3.63, 3.8) is 0 Å². The highest BCUT2D eigenvalue weighted by Gasteiger charge is 2.29. The summed E-state index contributed by atoms with van der Waals surface area (Å²) in [6.45, 7) is 4.02. The molecule has 2 heterocycles. The summed E-state index contributed by atoms with van der Waals surface area (Å²) >= 11 is 0. The van der Waals surface area contributed by atoms with Gasteiger partial charge in [0.2, 0.25) is 0 Å². The summed E-state index contributed by atoms with van der Waals surface area (Å²) < 4.78 is 10.2. The molecule has 1 aromatic rings. The molecular weight excluding hydrogens is 218 g/mol. The van der Waals surface area contributed by atoms with Crippen LogP contribution in [0, 0.1) is 0 Å². The highest BCUT2D eigenvalue weighted by atomic mass is 16.5. The van der Waals surface area contributed by atoms with Crippen molar-refractivity contribution in [1.29, 1.82) is 0 Å². The minimum atomic E-state index is -0.0873. The molecule has 0 radical (unpaired) electrons. The number of furan rings is 1. The predicted molar refractivity (Wildman–Crippen MR) is 63.4 cm³/mol. The highest BCUT2D eigenvalue weighted by Crippen LogP contribution is 2.20. The molecule has 1 saturated heterocycles. The third kappa shape index (κ3) is 3.09. The Balaban J connectivity index is 1.99. The number of carbonyl (C=O) groups is 1. The van der Waals surface area contributed by atoms with Gasteiger partial charge in [-0.3, -0.25) is 9.69 Å². The molecule has 94 valence electrons. The van der Waals surface area contributed by atoms with E-state index in [2.05, 4.69) is 4.90 Å². The topological polar surface area (TPSA) is 42.7 Å². The number of esters is 1. The molecule has 0 N–H and O–H groups in total. The summed E-state index contributed by atoms with van der Waals surface area (Å²) in [5.74, 6) is -0.0873. The van der Waals surface area contributed by atoms with E-state index in [1.54, 1.807) is 12.5 Å². The van der Waals surface area contributed by atoms with Crippen LogP contribution in [-0.4, -0.2) is 30.1 Å². The Labute approximate surface area is 102 Å². The second-order valence-electron chi connectivity index (χ2n) is 4.37. The molecule has 0 saturated carbocycles. The molecule has 1 aliphatic rings. The summed E-state index contributed by atoms with van der Waals surface area (Å²) in [7, 11) is 0. The fourth-order valence-corrected chi connectivity index (χ4v) is 2.30. The van der Waals surface area contributed by atoms with Crippen molar-refractivity contribution < 1.29 is 13.9 Å². The van der Waals surface area contributed by atoms with Crippen molar-refractivity contribution in [2.24, 2.45) is 0 Å². The second kappa shape index (κ2) is 5.87. The molecule has 0 aliphatic carbocycles. The first-order valence-corrected chi connectivity index (χ1v) is 6.23. The van der Waals surface area contributed by atoms with Gasteiger partial charge in [-0.1, -0.05) is 6.42 Å². The zero-order valence-electron chi connectivity index (χ0n) is 10.2. The number of hydrogen-bond acceptors (Lipinski definition) is 4. The molecule has 2 rings (SSSR count). The summed E-state index contributed by atoms with van der Waals surface area (Å²) in [6, 6.07) is 1.86. The van der Waals surface area contributed by atoms with Crippen LogP contribution in [0.15, 0.2) is 23.0 Å². The van der Waals surface area contributed by atoms with E-state index < -0.39 is 0 Å². The number of piperidine rings is 1. The highest BCUT2D eigenvalue weighted by molar-refractivity contribution is 5.75. The second-order valence-corrected chi connectivity index (χ2v) is 4.37. The zero-order chi connectivity index (χ0) is 12.1. The molecule has 1 fully saturated rings. The molecule has 0 aromatic carbocycles. The molecule has 0 amide bonds. The van der Waals surface area contributed by atoms with Gasteiger partial charge in [-0.2, -0.15) is 0 Å². The van der Waals surface area contributed by atoms with Crippen LogP contribution in [0.1, 0.15) is 31.7 Å². The minimum Gasteiger partial charge on any atom is -0.472 e. The summed E-state index contributed by atoms with van der Waals surface area (Å²) in [6.07, 6.45) is 6.55. The number of hydrogen-bond donors (Lipinski definition) is 0. The van der Waals surface area contributed by atoms with Crippen molar-refractivity contribution >= 4 is 5.97 Å². The lowest BCUT2D eigenvalue weighted by atomic mass is 10.0. The van der Waals surface area contributed by atoms with Crippen molar-refractivity contribution in [2.45, 2.75) is 38.8 Å². The molecule has 1 atom stereocenters. The Hall–Kier alpha value is -1.29. The lowest BCUT2D eigenvalue weighted by Crippen LogP contribution is -2.44. The molecule has 0 spiro atoms. The van der Waals surface area contributed by atoms with Crippen LogP contribution in [0.3, 0.4) is 0 Å². The first kappa shape index (κ1) is 12.2. The molecule has 1 unspecified atom stereocenters. The van der Waals surface area contributed by atoms with Gasteiger partial charge in [0.25, 0.3) is 0 Å². The Kier molecular flexibility index (Phi) is 4.20. The normalized spacial score (nSPS) is 21.4. The third-order valence-corrected chi connectivity index (χ3v) is 3.14. The standard InChI is InChI=1S/C13H19NO3/c1-2-17-13(15)12-5-3-4-7-14(12)9-11-6-8-16-10-11/h6,8,10,12H,2-5,7,9H2,1H3. The van der Waals surface area contributed by atoms with E-state index in [0.29, 0.717) is 6.61 Å². The maximum Gasteiger partial charge on any atom is 0.323 e. The molecule has 1 aromatic heterocycles. The fraction of sp³-hybridized carbons (Fsp3) is 0.615. The summed E-state index contributed by atoms with van der Waals surface area (Å²) in [5, 5.41) is 0. The molecule has 4 nitrogen and oxygen atoms in total. The largest absolute Gasteiger partial charge is 0.472 e. The predicted octanol–water partition coefficient (Wildman–Crippen LogP) is 2.20. The van der Waals surface area contributed by atoms with Gasteiger partial charge in [0.15, 0.2) is 0 Å². The number of rotatable bonds is 4. The number of nitrogens with zero attached hydrogens (tertiary/aromatic N) is 1. The molecule has 17 heavy (non-hydrogen) atoms. The third-order valence-electron chi connectivity index (χ3n) is 3.14. The zero-order valence-corrected chi connectivity index (χ0v) is 10.2. The van der Waals surface area contributed by atoms with E-state index in [4.69, 9.17) is 9.15 Å². The molecular formula is C13H19NO3. The Bertz CT molecular complexity index is 348. The van der Waals surface area contributed by atoms with Crippen LogP contribution in [0.5, 0.6) is 0 Å². The van der Waals surface area contributed by atoms with Crippen LogP contribution >= 0.6 is 0 Å². The monoisotopic (exact) mass is 237 g/mol. The van der Waals surface area contributed by atoms with E-state index in [1.807, 2.05) is 13.0 Å². The van der Waals surface area contributed by atoms with Crippen LogP contribution in [0.4, 0.5) is 0 Å². The van der Waals surface area contributed by atoms with E-state index in [9.17, 15) is 4.79 Å².